The van der Waals surface area contributed by atoms with Gasteiger partial charge in [-0.15, -0.1) is 0 Å². The van der Waals surface area contributed by atoms with Gasteiger partial charge in [0.05, 0.1) is 12.5 Å². The zero-order valence-corrected chi connectivity index (χ0v) is 11.7. The summed E-state index contributed by atoms with van der Waals surface area (Å²) in [6.45, 7) is 2.15. The summed E-state index contributed by atoms with van der Waals surface area (Å²) in [5.74, 6) is 0.870. The van der Waals surface area contributed by atoms with Gasteiger partial charge in [-0.05, 0) is 18.6 Å². The first-order valence-electron chi connectivity index (χ1n) is 6.85. The number of aromatic nitrogens is 1. The lowest BCUT2D eigenvalue weighted by atomic mass is 10.0. The SMILES string of the molecule is CCCc1c(OC)ccc2c(-c3ccccc3)noc12. The number of benzene rings is 2. The van der Waals surface area contributed by atoms with E-state index in [0.29, 0.717) is 0 Å². The third-order valence-corrected chi connectivity index (χ3v) is 3.47. The molecule has 0 radical (unpaired) electrons. The fourth-order valence-corrected chi connectivity index (χ4v) is 2.52. The van der Waals surface area contributed by atoms with E-state index in [1.165, 1.54) is 0 Å². The summed E-state index contributed by atoms with van der Waals surface area (Å²) in [6, 6.07) is 14.1. The Balaban J connectivity index is 2.21. The quantitative estimate of drug-likeness (QED) is 0.700. The van der Waals surface area contributed by atoms with Crippen molar-refractivity contribution in [3.63, 3.8) is 0 Å². The van der Waals surface area contributed by atoms with Crippen LogP contribution in [0.1, 0.15) is 18.9 Å². The maximum Gasteiger partial charge on any atom is 0.174 e. The number of rotatable bonds is 4. The highest BCUT2D eigenvalue weighted by Gasteiger charge is 2.16. The first-order valence-corrected chi connectivity index (χ1v) is 6.85. The van der Waals surface area contributed by atoms with Crippen molar-refractivity contribution in [3.05, 3.63) is 48.0 Å². The van der Waals surface area contributed by atoms with Crippen LogP contribution in [0.15, 0.2) is 47.0 Å². The Kier molecular flexibility index (Phi) is 3.42. The molecular weight excluding hydrogens is 250 g/mol. The Bertz CT molecular complexity index is 716. The Morgan fingerprint density at radius 2 is 1.90 bits per heavy atom. The second kappa shape index (κ2) is 5.37. The van der Waals surface area contributed by atoms with Crippen molar-refractivity contribution in [2.45, 2.75) is 19.8 Å². The van der Waals surface area contributed by atoms with Crippen LogP contribution in [-0.4, -0.2) is 12.3 Å². The fraction of sp³-hybridized carbons (Fsp3) is 0.235. The smallest absolute Gasteiger partial charge is 0.174 e. The number of nitrogens with zero attached hydrogens (tertiary/aromatic N) is 1. The molecule has 0 fully saturated rings. The maximum atomic E-state index is 5.60. The molecule has 1 aromatic heterocycles. The van der Waals surface area contributed by atoms with Crippen LogP contribution in [0.3, 0.4) is 0 Å². The van der Waals surface area contributed by atoms with E-state index in [2.05, 4.69) is 12.1 Å². The first kappa shape index (κ1) is 12.7. The number of hydrogen-bond acceptors (Lipinski definition) is 3. The second-order valence-corrected chi connectivity index (χ2v) is 4.77. The summed E-state index contributed by atoms with van der Waals surface area (Å²) in [7, 11) is 1.69. The van der Waals surface area contributed by atoms with E-state index in [0.717, 1.165) is 46.4 Å². The number of hydrogen-bond donors (Lipinski definition) is 0. The monoisotopic (exact) mass is 267 g/mol. The van der Waals surface area contributed by atoms with Crippen LogP contribution in [0, 0.1) is 0 Å². The molecule has 0 spiro atoms. The molecule has 3 nitrogen and oxygen atoms in total. The van der Waals surface area contributed by atoms with E-state index in [1.54, 1.807) is 7.11 Å². The molecule has 0 aliphatic heterocycles. The van der Waals surface area contributed by atoms with Crippen molar-refractivity contribution in [1.29, 1.82) is 0 Å². The minimum atomic E-state index is 0.838. The molecular formula is C17H17NO2. The van der Waals surface area contributed by atoms with Crippen molar-refractivity contribution >= 4 is 11.0 Å². The van der Waals surface area contributed by atoms with E-state index in [-0.39, 0.29) is 0 Å². The summed E-state index contributed by atoms with van der Waals surface area (Å²) in [5, 5.41) is 5.30. The zero-order valence-electron chi connectivity index (χ0n) is 11.7. The molecule has 3 rings (SSSR count). The van der Waals surface area contributed by atoms with E-state index in [9.17, 15) is 0 Å². The van der Waals surface area contributed by atoms with Crippen LogP contribution >= 0.6 is 0 Å². The van der Waals surface area contributed by atoms with Crippen LogP contribution in [0.5, 0.6) is 5.75 Å². The largest absolute Gasteiger partial charge is 0.496 e. The lowest BCUT2D eigenvalue weighted by molar-refractivity contribution is 0.405. The molecule has 20 heavy (non-hydrogen) atoms. The molecule has 0 amide bonds. The molecule has 3 heteroatoms. The zero-order chi connectivity index (χ0) is 13.9. The highest BCUT2D eigenvalue weighted by atomic mass is 16.5. The Labute approximate surface area is 118 Å². The summed E-state index contributed by atoms with van der Waals surface area (Å²) in [5.41, 5.74) is 3.90. The van der Waals surface area contributed by atoms with Crippen LogP contribution < -0.4 is 4.74 Å². The van der Waals surface area contributed by atoms with Gasteiger partial charge >= 0.3 is 0 Å². The van der Waals surface area contributed by atoms with Gasteiger partial charge in [-0.1, -0.05) is 48.8 Å². The molecule has 0 atom stereocenters. The van der Waals surface area contributed by atoms with E-state index in [1.807, 2.05) is 42.5 Å². The highest BCUT2D eigenvalue weighted by Crippen LogP contribution is 2.34. The lowest BCUT2D eigenvalue weighted by Gasteiger charge is -2.07. The molecule has 3 aromatic rings. The van der Waals surface area contributed by atoms with Crippen LogP contribution in [0.4, 0.5) is 0 Å². The Morgan fingerprint density at radius 3 is 2.60 bits per heavy atom. The van der Waals surface area contributed by atoms with Crippen LogP contribution in [0.25, 0.3) is 22.2 Å². The van der Waals surface area contributed by atoms with Gasteiger partial charge < -0.3 is 9.26 Å². The molecule has 0 N–H and O–H groups in total. The molecule has 102 valence electrons. The minimum Gasteiger partial charge on any atom is -0.496 e. The average molecular weight is 267 g/mol. The van der Waals surface area contributed by atoms with Gasteiger partial charge in [0.1, 0.15) is 11.4 Å². The standard InChI is InChI=1S/C17H17NO2/c1-3-7-13-15(19-2)11-10-14-16(18-20-17(13)14)12-8-5-4-6-9-12/h4-6,8-11H,3,7H2,1-2H3. The molecule has 2 aromatic carbocycles. The molecule has 0 unspecified atom stereocenters. The Morgan fingerprint density at radius 1 is 1.10 bits per heavy atom. The van der Waals surface area contributed by atoms with Crippen molar-refractivity contribution in [1.82, 2.24) is 5.16 Å². The van der Waals surface area contributed by atoms with E-state index >= 15 is 0 Å². The highest BCUT2D eigenvalue weighted by molar-refractivity contribution is 5.94. The minimum absolute atomic E-state index is 0.838. The third kappa shape index (κ3) is 2.05. The predicted molar refractivity (Wildman–Crippen MR) is 80.0 cm³/mol. The number of aryl methyl sites for hydroxylation is 1. The number of methoxy groups -OCH3 is 1. The van der Waals surface area contributed by atoms with Crippen LogP contribution in [-0.2, 0) is 6.42 Å². The van der Waals surface area contributed by atoms with Gasteiger partial charge in [0, 0.05) is 11.1 Å². The van der Waals surface area contributed by atoms with Gasteiger partial charge in [0.15, 0.2) is 5.58 Å². The summed E-state index contributed by atoms with van der Waals surface area (Å²) in [6.07, 6.45) is 1.96. The lowest BCUT2D eigenvalue weighted by Crippen LogP contribution is -1.92. The van der Waals surface area contributed by atoms with Crippen molar-refractivity contribution in [2.75, 3.05) is 7.11 Å². The third-order valence-electron chi connectivity index (χ3n) is 3.47. The summed E-state index contributed by atoms with van der Waals surface area (Å²) >= 11 is 0. The van der Waals surface area contributed by atoms with Crippen molar-refractivity contribution in [2.24, 2.45) is 0 Å². The number of ether oxygens (including phenoxy) is 1. The molecule has 0 saturated heterocycles. The average Bonchev–Trinajstić information content (AvgIpc) is 2.93. The normalized spacial score (nSPS) is 10.9. The van der Waals surface area contributed by atoms with Gasteiger partial charge in [0.2, 0.25) is 0 Å². The Hall–Kier alpha value is -2.29. The van der Waals surface area contributed by atoms with Crippen molar-refractivity contribution in [3.8, 4) is 17.0 Å². The first-order chi connectivity index (χ1) is 9.85. The molecule has 0 bridgehead atoms. The van der Waals surface area contributed by atoms with Crippen LogP contribution in [0.2, 0.25) is 0 Å². The van der Waals surface area contributed by atoms with Gasteiger partial charge in [-0.2, -0.15) is 0 Å². The van der Waals surface area contributed by atoms with Gasteiger partial charge in [0.25, 0.3) is 0 Å². The molecule has 0 aliphatic carbocycles. The summed E-state index contributed by atoms with van der Waals surface area (Å²) in [4.78, 5) is 0. The van der Waals surface area contributed by atoms with E-state index < -0.39 is 0 Å². The predicted octanol–water partition coefficient (Wildman–Crippen LogP) is 4.46. The van der Waals surface area contributed by atoms with Crippen molar-refractivity contribution < 1.29 is 9.26 Å². The van der Waals surface area contributed by atoms with Gasteiger partial charge in [-0.3, -0.25) is 0 Å². The topological polar surface area (TPSA) is 35.3 Å². The molecule has 0 saturated carbocycles. The molecule has 0 aliphatic rings. The van der Waals surface area contributed by atoms with Gasteiger partial charge in [-0.25, -0.2) is 0 Å². The van der Waals surface area contributed by atoms with E-state index in [4.69, 9.17) is 9.26 Å². The summed E-state index contributed by atoms with van der Waals surface area (Å²) < 4.78 is 11.0. The fourth-order valence-electron chi connectivity index (χ4n) is 2.52. The second-order valence-electron chi connectivity index (χ2n) is 4.77. The molecule has 1 heterocycles. The number of fused-ring (bicyclic) bond motifs is 1. The maximum absolute atomic E-state index is 5.60.